The zero-order chi connectivity index (χ0) is 16.4. The lowest BCUT2D eigenvalue weighted by molar-refractivity contribution is -0.385. The molecule has 2 aromatic rings. The molecule has 1 aliphatic rings. The molecule has 23 heavy (non-hydrogen) atoms. The van der Waals surface area contributed by atoms with Crippen LogP contribution in [0.5, 0.6) is 0 Å². The van der Waals surface area contributed by atoms with Crippen LogP contribution in [0.25, 0.3) is 0 Å². The summed E-state index contributed by atoms with van der Waals surface area (Å²) in [4.78, 5) is 19.7. The molecule has 0 aliphatic carbocycles. The van der Waals surface area contributed by atoms with Crippen molar-refractivity contribution in [3.05, 3.63) is 50.5 Å². The molecule has 7 heteroatoms. The van der Waals surface area contributed by atoms with Gasteiger partial charge >= 0.3 is 0 Å². The Morgan fingerprint density at radius 2 is 2.04 bits per heavy atom. The summed E-state index contributed by atoms with van der Waals surface area (Å²) in [5.41, 5.74) is 1.96. The molecule has 0 N–H and O–H groups in total. The van der Waals surface area contributed by atoms with E-state index in [1.807, 2.05) is 23.7 Å². The largest absolute Gasteiger partial charge is 0.369 e. The molecule has 0 bridgehead atoms. The zero-order valence-electron chi connectivity index (χ0n) is 13.3. The van der Waals surface area contributed by atoms with E-state index < -0.39 is 0 Å². The van der Waals surface area contributed by atoms with Crippen molar-refractivity contribution < 1.29 is 4.92 Å². The summed E-state index contributed by atoms with van der Waals surface area (Å²) in [6.45, 7) is 7.78. The molecule has 1 atom stereocenters. The number of piperazine rings is 1. The molecule has 0 spiro atoms. The summed E-state index contributed by atoms with van der Waals surface area (Å²) >= 11 is 1.70. The Kier molecular flexibility index (Phi) is 4.58. The van der Waals surface area contributed by atoms with E-state index in [2.05, 4.69) is 21.7 Å². The number of benzene rings is 1. The number of aryl methyl sites for hydroxylation is 1. The fraction of sp³-hybridized carbons (Fsp3) is 0.438. The number of nitro benzene ring substituents is 1. The molecule has 1 unspecified atom stereocenters. The number of hydrogen-bond acceptors (Lipinski definition) is 6. The van der Waals surface area contributed by atoms with Crippen LogP contribution in [0.15, 0.2) is 29.8 Å². The average molecular weight is 332 g/mol. The first kappa shape index (κ1) is 15.9. The topological polar surface area (TPSA) is 62.5 Å². The average Bonchev–Trinajstić information content (AvgIpc) is 3.08. The van der Waals surface area contributed by atoms with Gasteiger partial charge in [-0.1, -0.05) is 0 Å². The second-order valence-corrected chi connectivity index (χ2v) is 6.72. The zero-order valence-corrected chi connectivity index (χ0v) is 14.1. The molecule has 0 amide bonds. The fourth-order valence-corrected chi connectivity index (χ4v) is 3.73. The molecule has 0 saturated carbocycles. The first-order valence-electron chi connectivity index (χ1n) is 7.69. The Balaban J connectivity index is 1.65. The van der Waals surface area contributed by atoms with E-state index >= 15 is 0 Å². The number of anilines is 1. The van der Waals surface area contributed by atoms with E-state index in [0.29, 0.717) is 11.6 Å². The van der Waals surface area contributed by atoms with Crippen LogP contribution in [-0.4, -0.2) is 41.0 Å². The van der Waals surface area contributed by atoms with Gasteiger partial charge in [0, 0.05) is 55.1 Å². The van der Waals surface area contributed by atoms with E-state index in [-0.39, 0.29) is 10.6 Å². The van der Waals surface area contributed by atoms with E-state index in [9.17, 15) is 10.1 Å². The van der Waals surface area contributed by atoms with Crippen molar-refractivity contribution in [3.8, 4) is 0 Å². The van der Waals surface area contributed by atoms with Crippen LogP contribution in [-0.2, 0) is 0 Å². The molecule has 6 nitrogen and oxygen atoms in total. The van der Waals surface area contributed by atoms with Crippen LogP contribution in [0.4, 0.5) is 11.4 Å². The van der Waals surface area contributed by atoms with Gasteiger partial charge in [-0.25, -0.2) is 4.98 Å². The van der Waals surface area contributed by atoms with Gasteiger partial charge in [-0.15, -0.1) is 11.3 Å². The molecular weight excluding hydrogens is 312 g/mol. The van der Waals surface area contributed by atoms with Gasteiger partial charge in [0.25, 0.3) is 5.69 Å². The van der Waals surface area contributed by atoms with Crippen molar-refractivity contribution in [2.45, 2.75) is 19.9 Å². The molecule has 0 radical (unpaired) electrons. The predicted octanol–water partition coefficient (Wildman–Crippen LogP) is 3.24. The van der Waals surface area contributed by atoms with Crippen LogP contribution in [0, 0.1) is 17.0 Å². The highest BCUT2D eigenvalue weighted by molar-refractivity contribution is 7.09. The molecule has 1 aliphatic heterocycles. The molecule has 122 valence electrons. The van der Waals surface area contributed by atoms with E-state index in [4.69, 9.17) is 0 Å². The van der Waals surface area contributed by atoms with Crippen molar-refractivity contribution in [2.75, 3.05) is 31.1 Å². The van der Waals surface area contributed by atoms with Crippen LogP contribution < -0.4 is 4.90 Å². The van der Waals surface area contributed by atoms with Crippen molar-refractivity contribution in [3.63, 3.8) is 0 Å². The van der Waals surface area contributed by atoms with Gasteiger partial charge in [-0.3, -0.25) is 15.0 Å². The summed E-state index contributed by atoms with van der Waals surface area (Å²) in [5, 5.41) is 14.1. The first-order chi connectivity index (χ1) is 11.1. The van der Waals surface area contributed by atoms with Gasteiger partial charge in [-0.05, 0) is 26.0 Å². The minimum absolute atomic E-state index is 0.185. The smallest absolute Gasteiger partial charge is 0.272 e. The quantitative estimate of drug-likeness (QED) is 0.635. The van der Waals surface area contributed by atoms with Gasteiger partial charge in [0.15, 0.2) is 0 Å². The maximum Gasteiger partial charge on any atom is 0.272 e. The van der Waals surface area contributed by atoms with E-state index in [1.54, 1.807) is 24.3 Å². The maximum atomic E-state index is 10.9. The van der Waals surface area contributed by atoms with Gasteiger partial charge in [0.1, 0.15) is 5.01 Å². The van der Waals surface area contributed by atoms with Crippen LogP contribution in [0.1, 0.15) is 23.5 Å². The number of nitro groups is 1. The number of rotatable bonds is 4. The Morgan fingerprint density at radius 3 is 2.61 bits per heavy atom. The Morgan fingerprint density at radius 1 is 1.30 bits per heavy atom. The number of thiazole rings is 1. The number of nitrogens with zero attached hydrogens (tertiary/aromatic N) is 4. The summed E-state index contributed by atoms with van der Waals surface area (Å²) in [7, 11) is 0. The highest BCUT2D eigenvalue weighted by Gasteiger charge is 2.24. The van der Waals surface area contributed by atoms with Gasteiger partial charge in [0.05, 0.1) is 11.0 Å². The monoisotopic (exact) mass is 332 g/mol. The van der Waals surface area contributed by atoms with Crippen LogP contribution in [0.2, 0.25) is 0 Å². The molecule has 3 rings (SSSR count). The van der Waals surface area contributed by atoms with Gasteiger partial charge in [0.2, 0.25) is 0 Å². The highest BCUT2D eigenvalue weighted by Crippen LogP contribution is 2.27. The van der Waals surface area contributed by atoms with Crippen LogP contribution in [0.3, 0.4) is 0 Å². The Hall–Kier alpha value is -1.99. The second-order valence-electron chi connectivity index (χ2n) is 5.80. The third-order valence-corrected chi connectivity index (χ3v) is 5.36. The van der Waals surface area contributed by atoms with Crippen LogP contribution >= 0.6 is 11.3 Å². The van der Waals surface area contributed by atoms with E-state index in [1.165, 1.54) is 0 Å². The summed E-state index contributed by atoms with van der Waals surface area (Å²) in [6.07, 6.45) is 1.85. The molecule has 1 saturated heterocycles. The third kappa shape index (κ3) is 3.35. The van der Waals surface area contributed by atoms with Crippen molar-refractivity contribution in [2.24, 2.45) is 0 Å². The summed E-state index contributed by atoms with van der Waals surface area (Å²) in [6, 6.07) is 5.72. The third-order valence-electron chi connectivity index (χ3n) is 4.41. The molecule has 2 heterocycles. The predicted molar refractivity (Wildman–Crippen MR) is 92.1 cm³/mol. The second kappa shape index (κ2) is 6.64. The summed E-state index contributed by atoms with van der Waals surface area (Å²) < 4.78 is 0. The lowest BCUT2D eigenvalue weighted by Gasteiger charge is -2.38. The normalized spacial score (nSPS) is 17.2. The minimum atomic E-state index is -0.327. The lowest BCUT2D eigenvalue weighted by Crippen LogP contribution is -2.47. The highest BCUT2D eigenvalue weighted by atomic mass is 32.1. The van der Waals surface area contributed by atoms with Crippen molar-refractivity contribution in [1.82, 2.24) is 9.88 Å². The molecular formula is C16H20N4O2S. The van der Waals surface area contributed by atoms with Gasteiger partial charge in [-0.2, -0.15) is 0 Å². The van der Waals surface area contributed by atoms with E-state index in [0.717, 1.165) is 36.9 Å². The minimum Gasteiger partial charge on any atom is -0.369 e. The number of hydrogen-bond donors (Lipinski definition) is 0. The van der Waals surface area contributed by atoms with Gasteiger partial charge < -0.3 is 4.90 Å². The lowest BCUT2D eigenvalue weighted by atomic mass is 10.1. The molecule has 1 aromatic carbocycles. The fourth-order valence-electron chi connectivity index (χ4n) is 3.01. The first-order valence-corrected chi connectivity index (χ1v) is 8.57. The standard InChI is InChI=1S/C16H20N4O2S/c1-12-11-14(3-4-15(12)20(21)22)19-8-6-18(7-9-19)13(2)16-17-5-10-23-16/h3-5,10-11,13H,6-9H2,1-2H3. The SMILES string of the molecule is Cc1cc(N2CCN(C(C)c3nccs3)CC2)ccc1[N+](=O)[O-]. The Labute approximate surface area is 139 Å². The van der Waals surface area contributed by atoms with Crippen molar-refractivity contribution >= 4 is 22.7 Å². The van der Waals surface area contributed by atoms with Crippen molar-refractivity contribution in [1.29, 1.82) is 0 Å². The molecule has 1 fully saturated rings. The Bertz CT molecular complexity index is 681. The number of aromatic nitrogens is 1. The maximum absolute atomic E-state index is 10.9. The molecule has 1 aromatic heterocycles. The summed E-state index contributed by atoms with van der Waals surface area (Å²) in [5.74, 6) is 0.